The van der Waals surface area contributed by atoms with Crippen LogP contribution in [0.15, 0.2) is 30.6 Å². The highest BCUT2D eigenvalue weighted by Crippen LogP contribution is 2.34. The number of hydrogen-bond donors (Lipinski definition) is 1. The van der Waals surface area contributed by atoms with E-state index in [0.29, 0.717) is 0 Å². The lowest BCUT2D eigenvalue weighted by Gasteiger charge is -2.18. The maximum Gasteiger partial charge on any atom is 0.138 e. The van der Waals surface area contributed by atoms with Crippen LogP contribution in [0.5, 0.6) is 0 Å². The molecular formula is C14H15FN4. The van der Waals surface area contributed by atoms with E-state index in [0.717, 1.165) is 42.4 Å². The maximum atomic E-state index is 13.4. The van der Waals surface area contributed by atoms with E-state index in [1.807, 2.05) is 24.0 Å². The number of benzene rings is 1. The molecule has 3 rings (SSSR count). The first-order valence-corrected chi connectivity index (χ1v) is 6.40. The van der Waals surface area contributed by atoms with Crippen molar-refractivity contribution in [2.24, 2.45) is 0 Å². The third kappa shape index (κ3) is 2.23. The molecule has 0 fully saturated rings. The first kappa shape index (κ1) is 11.9. The van der Waals surface area contributed by atoms with E-state index >= 15 is 0 Å². The molecule has 1 aliphatic heterocycles. The zero-order valence-electron chi connectivity index (χ0n) is 10.7. The molecule has 19 heavy (non-hydrogen) atoms. The van der Waals surface area contributed by atoms with Crippen LogP contribution < -0.4 is 10.2 Å². The summed E-state index contributed by atoms with van der Waals surface area (Å²) >= 11 is 0. The van der Waals surface area contributed by atoms with Gasteiger partial charge in [-0.15, -0.1) is 0 Å². The third-order valence-electron chi connectivity index (χ3n) is 3.23. The van der Waals surface area contributed by atoms with E-state index in [9.17, 15) is 4.39 Å². The van der Waals surface area contributed by atoms with Gasteiger partial charge in [-0.25, -0.2) is 14.4 Å². The van der Waals surface area contributed by atoms with E-state index in [2.05, 4.69) is 15.3 Å². The van der Waals surface area contributed by atoms with Crippen molar-refractivity contribution in [3.63, 3.8) is 0 Å². The van der Waals surface area contributed by atoms with Crippen molar-refractivity contribution in [2.75, 3.05) is 23.3 Å². The lowest BCUT2D eigenvalue weighted by atomic mass is 10.2. The molecule has 0 amide bonds. The summed E-state index contributed by atoms with van der Waals surface area (Å²) in [5, 5.41) is 3.15. The van der Waals surface area contributed by atoms with E-state index in [1.54, 1.807) is 6.07 Å². The average Bonchev–Trinajstić information content (AvgIpc) is 2.82. The molecule has 0 saturated carbocycles. The molecule has 0 unspecified atom stereocenters. The van der Waals surface area contributed by atoms with Crippen molar-refractivity contribution in [2.45, 2.75) is 13.3 Å². The van der Waals surface area contributed by atoms with Crippen molar-refractivity contribution in [3.05, 3.63) is 42.0 Å². The van der Waals surface area contributed by atoms with Crippen LogP contribution in [0.2, 0.25) is 0 Å². The Bertz CT molecular complexity index is 600. The summed E-state index contributed by atoms with van der Waals surface area (Å²) in [4.78, 5) is 10.5. The summed E-state index contributed by atoms with van der Waals surface area (Å²) in [5.41, 5.74) is 2.06. The number of nitrogens with zero attached hydrogens (tertiary/aromatic N) is 3. The number of nitrogens with one attached hydrogen (secondary N) is 1. The monoisotopic (exact) mass is 258 g/mol. The number of aromatic nitrogens is 2. The molecule has 98 valence electrons. The zero-order valence-corrected chi connectivity index (χ0v) is 10.7. The lowest BCUT2D eigenvalue weighted by Crippen LogP contribution is -2.15. The summed E-state index contributed by atoms with van der Waals surface area (Å²) in [6.07, 6.45) is 2.45. The second kappa shape index (κ2) is 4.84. The van der Waals surface area contributed by atoms with Crippen molar-refractivity contribution in [1.29, 1.82) is 0 Å². The number of hydrogen-bond acceptors (Lipinski definition) is 4. The molecule has 0 aliphatic carbocycles. The average molecular weight is 258 g/mol. The van der Waals surface area contributed by atoms with Gasteiger partial charge in [-0.1, -0.05) is 6.07 Å². The van der Waals surface area contributed by atoms with Gasteiger partial charge in [-0.3, -0.25) is 0 Å². The predicted octanol–water partition coefficient (Wildman–Crippen LogP) is 2.74. The van der Waals surface area contributed by atoms with Crippen LogP contribution in [0, 0.1) is 5.82 Å². The van der Waals surface area contributed by atoms with Crippen molar-refractivity contribution >= 4 is 17.3 Å². The van der Waals surface area contributed by atoms with Gasteiger partial charge >= 0.3 is 0 Å². The summed E-state index contributed by atoms with van der Waals surface area (Å²) < 4.78 is 13.4. The van der Waals surface area contributed by atoms with E-state index in [-0.39, 0.29) is 5.82 Å². The molecule has 0 bridgehead atoms. The highest BCUT2D eigenvalue weighted by molar-refractivity contribution is 5.68. The normalized spacial score (nSPS) is 13.5. The summed E-state index contributed by atoms with van der Waals surface area (Å²) in [6.45, 7) is 3.64. The minimum Gasteiger partial charge on any atom is -0.370 e. The molecule has 4 nitrogen and oxygen atoms in total. The van der Waals surface area contributed by atoms with Gasteiger partial charge in [0, 0.05) is 24.8 Å². The molecule has 0 radical (unpaired) electrons. The highest BCUT2D eigenvalue weighted by atomic mass is 19.1. The second-order valence-corrected chi connectivity index (χ2v) is 4.47. The zero-order chi connectivity index (χ0) is 13.2. The van der Waals surface area contributed by atoms with Gasteiger partial charge in [0.25, 0.3) is 0 Å². The third-order valence-corrected chi connectivity index (χ3v) is 3.23. The van der Waals surface area contributed by atoms with Crippen LogP contribution in [0.4, 0.5) is 21.7 Å². The molecule has 0 spiro atoms. The molecule has 1 aromatic heterocycles. The Balaban J connectivity index is 1.96. The predicted molar refractivity (Wildman–Crippen MR) is 73.3 cm³/mol. The highest BCUT2D eigenvalue weighted by Gasteiger charge is 2.22. The number of fused-ring (bicyclic) bond motifs is 1. The fourth-order valence-corrected chi connectivity index (χ4v) is 2.36. The van der Waals surface area contributed by atoms with Crippen molar-refractivity contribution in [3.8, 4) is 0 Å². The van der Waals surface area contributed by atoms with E-state index < -0.39 is 0 Å². The van der Waals surface area contributed by atoms with Gasteiger partial charge in [0.1, 0.15) is 23.8 Å². The number of anilines is 3. The van der Waals surface area contributed by atoms with Gasteiger partial charge in [0.2, 0.25) is 0 Å². The molecule has 1 aromatic carbocycles. The van der Waals surface area contributed by atoms with Gasteiger partial charge in [-0.05, 0) is 31.0 Å². The molecule has 2 heterocycles. The fraction of sp³-hybridized carbons (Fsp3) is 0.286. The minimum absolute atomic E-state index is 0.216. The molecule has 0 saturated heterocycles. The van der Waals surface area contributed by atoms with Crippen LogP contribution in [0.1, 0.15) is 12.5 Å². The summed E-state index contributed by atoms with van der Waals surface area (Å²) in [5.74, 6) is 1.37. The minimum atomic E-state index is -0.216. The van der Waals surface area contributed by atoms with Gasteiger partial charge < -0.3 is 10.2 Å². The fourth-order valence-electron chi connectivity index (χ4n) is 2.36. The van der Waals surface area contributed by atoms with E-state index in [1.165, 1.54) is 12.4 Å². The molecule has 0 atom stereocenters. The quantitative estimate of drug-likeness (QED) is 0.919. The Morgan fingerprint density at radius 1 is 1.32 bits per heavy atom. The molecule has 2 aromatic rings. The van der Waals surface area contributed by atoms with Crippen molar-refractivity contribution in [1.82, 2.24) is 9.97 Å². The molecule has 5 heteroatoms. The van der Waals surface area contributed by atoms with Crippen LogP contribution in [-0.4, -0.2) is 23.1 Å². The van der Waals surface area contributed by atoms with Crippen LogP contribution in [0.25, 0.3) is 0 Å². The van der Waals surface area contributed by atoms with Crippen LogP contribution in [-0.2, 0) is 6.42 Å². The largest absolute Gasteiger partial charge is 0.370 e. The number of rotatable bonds is 3. The Hall–Kier alpha value is -2.17. The van der Waals surface area contributed by atoms with Crippen LogP contribution in [0.3, 0.4) is 0 Å². The van der Waals surface area contributed by atoms with Crippen LogP contribution >= 0.6 is 0 Å². The Labute approximate surface area is 111 Å². The van der Waals surface area contributed by atoms with Crippen molar-refractivity contribution < 1.29 is 4.39 Å². The topological polar surface area (TPSA) is 41.0 Å². The first-order valence-electron chi connectivity index (χ1n) is 6.40. The number of halogens is 1. The first-order chi connectivity index (χ1) is 9.28. The summed E-state index contributed by atoms with van der Waals surface area (Å²) in [7, 11) is 0. The second-order valence-electron chi connectivity index (χ2n) is 4.47. The Kier molecular flexibility index (Phi) is 3.03. The molecule has 1 N–H and O–H groups in total. The van der Waals surface area contributed by atoms with Gasteiger partial charge in [-0.2, -0.15) is 0 Å². The summed E-state index contributed by atoms with van der Waals surface area (Å²) in [6, 6.07) is 6.81. The Morgan fingerprint density at radius 3 is 3.05 bits per heavy atom. The van der Waals surface area contributed by atoms with Gasteiger partial charge in [0.15, 0.2) is 0 Å². The van der Waals surface area contributed by atoms with E-state index in [4.69, 9.17) is 0 Å². The maximum absolute atomic E-state index is 13.4. The Morgan fingerprint density at radius 2 is 2.21 bits per heavy atom. The molecule has 1 aliphatic rings. The molecular weight excluding hydrogens is 243 g/mol. The standard InChI is InChI=1S/C14H15FN4/c1-2-16-13-8-14(18-9-17-13)19-6-5-10-3-4-11(15)7-12(10)19/h3-4,7-9H,2,5-6H2,1H3,(H,16,17,18). The lowest BCUT2D eigenvalue weighted by molar-refractivity contribution is 0.628. The smallest absolute Gasteiger partial charge is 0.138 e. The van der Waals surface area contributed by atoms with Gasteiger partial charge in [0.05, 0.1) is 0 Å². The SMILES string of the molecule is CCNc1cc(N2CCc3ccc(F)cc32)ncn1.